The lowest BCUT2D eigenvalue weighted by Crippen LogP contribution is -2.10. The predicted molar refractivity (Wildman–Crippen MR) is 270 cm³/mol. The van der Waals surface area contributed by atoms with E-state index in [4.69, 9.17) is 0 Å². The highest BCUT2D eigenvalue weighted by Gasteiger charge is 2.21. The van der Waals surface area contributed by atoms with Gasteiger partial charge in [0.2, 0.25) is 0 Å². The SMILES string of the molecule is c1ccc(-c2ccc(N(c3cccc(-c4ccccc4-n4c5ccc(-c6ccccc6)cc5c5cc(-c6ccccc6)ccc54)c3)c3cccc4sc5ccccc5c34)cc2)cc1. The number of benzene rings is 10. The van der Waals surface area contributed by atoms with E-state index in [1.807, 2.05) is 11.3 Å². The van der Waals surface area contributed by atoms with Crippen LogP contribution in [0.3, 0.4) is 0 Å². The molecule has 12 aromatic rings. The molecule has 0 radical (unpaired) electrons. The molecule has 0 unspecified atom stereocenters. The van der Waals surface area contributed by atoms with Gasteiger partial charge in [-0.3, -0.25) is 0 Å². The van der Waals surface area contributed by atoms with Crippen LogP contribution in [-0.2, 0) is 0 Å². The normalized spacial score (nSPS) is 11.5. The molecule has 0 amide bonds. The number of anilines is 3. The number of thiophene rings is 1. The Kier molecular flexibility index (Phi) is 9.06. The van der Waals surface area contributed by atoms with Crippen LogP contribution in [0.5, 0.6) is 0 Å². The molecule has 0 atom stereocenters. The van der Waals surface area contributed by atoms with Gasteiger partial charge in [0.05, 0.1) is 22.4 Å². The van der Waals surface area contributed by atoms with Gasteiger partial charge in [0, 0.05) is 47.9 Å². The molecule has 0 bridgehead atoms. The number of hydrogen-bond donors (Lipinski definition) is 0. The Morgan fingerprint density at radius 2 is 0.825 bits per heavy atom. The van der Waals surface area contributed by atoms with Crippen molar-refractivity contribution in [3.05, 3.63) is 243 Å². The summed E-state index contributed by atoms with van der Waals surface area (Å²) in [4.78, 5) is 2.44. The van der Waals surface area contributed by atoms with Crippen LogP contribution in [0.1, 0.15) is 0 Å². The van der Waals surface area contributed by atoms with Gasteiger partial charge in [0.1, 0.15) is 0 Å². The minimum atomic E-state index is 1.10. The number of rotatable bonds is 8. The van der Waals surface area contributed by atoms with Gasteiger partial charge in [0.25, 0.3) is 0 Å². The van der Waals surface area contributed by atoms with E-state index in [9.17, 15) is 0 Å². The van der Waals surface area contributed by atoms with E-state index in [1.165, 1.54) is 75.4 Å². The van der Waals surface area contributed by atoms with Crippen molar-refractivity contribution in [2.24, 2.45) is 0 Å². The molecule has 2 nitrogen and oxygen atoms in total. The van der Waals surface area contributed by atoms with Crippen LogP contribution in [0.4, 0.5) is 17.1 Å². The molecule has 0 aliphatic carbocycles. The first-order chi connectivity index (χ1) is 31.2. The van der Waals surface area contributed by atoms with Gasteiger partial charge in [0.15, 0.2) is 0 Å². The van der Waals surface area contributed by atoms with Crippen molar-refractivity contribution >= 4 is 70.4 Å². The minimum absolute atomic E-state index is 1.10. The molecule has 0 aliphatic rings. The van der Waals surface area contributed by atoms with Crippen molar-refractivity contribution in [3.63, 3.8) is 0 Å². The van der Waals surface area contributed by atoms with E-state index in [1.54, 1.807) is 0 Å². The highest BCUT2D eigenvalue weighted by atomic mass is 32.1. The van der Waals surface area contributed by atoms with E-state index in [2.05, 4.69) is 252 Å². The summed E-state index contributed by atoms with van der Waals surface area (Å²) in [5, 5.41) is 5.01. The molecule has 3 heteroatoms. The van der Waals surface area contributed by atoms with Crippen LogP contribution in [-0.4, -0.2) is 4.57 Å². The molecule has 63 heavy (non-hydrogen) atoms. The Bertz CT molecular complexity index is 3510. The molecule has 0 aliphatic heterocycles. The van der Waals surface area contributed by atoms with Gasteiger partial charge in [-0.25, -0.2) is 0 Å². The van der Waals surface area contributed by atoms with Gasteiger partial charge in [-0.05, 0) is 112 Å². The van der Waals surface area contributed by atoms with E-state index in [0.717, 1.165) is 33.9 Å². The van der Waals surface area contributed by atoms with Crippen LogP contribution in [0.15, 0.2) is 243 Å². The van der Waals surface area contributed by atoms with Gasteiger partial charge in [-0.1, -0.05) is 170 Å². The Balaban J connectivity index is 1.05. The molecular weight excluding hydrogens is 781 g/mol. The van der Waals surface area contributed by atoms with Crippen LogP contribution in [0, 0.1) is 0 Å². The second-order valence-electron chi connectivity index (χ2n) is 16.1. The van der Waals surface area contributed by atoms with Crippen molar-refractivity contribution in [1.29, 1.82) is 0 Å². The van der Waals surface area contributed by atoms with Crippen molar-refractivity contribution < 1.29 is 0 Å². The topological polar surface area (TPSA) is 8.17 Å². The second-order valence-corrected chi connectivity index (χ2v) is 17.2. The van der Waals surface area contributed by atoms with Gasteiger partial charge >= 0.3 is 0 Å². The fraction of sp³-hybridized carbons (Fsp3) is 0. The fourth-order valence-electron chi connectivity index (χ4n) is 9.43. The van der Waals surface area contributed by atoms with Gasteiger partial charge < -0.3 is 9.47 Å². The summed E-state index contributed by atoms with van der Waals surface area (Å²) in [5.74, 6) is 0. The lowest BCUT2D eigenvalue weighted by atomic mass is 10.0. The molecule has 296 valence electrons. The Labute approximate surface area is 370 Å². The number of nitrogens with zero attached hydrogens (tertiary/aromatic N) is 2. The van der Waals surface area contributed by atoms with E-state index in [0.29, 0.717) is 0 Å². The van der Waals surface area contributed by atoms with E-state index >= 15 is 0 Å². The van der Waals surface area contributed by atoms with Gasteiger partial charge in [-0.2, -0.15) is 0 Å². The molecule has 0 saturated carbocycles. The molecule has 0 fully saturated rings. The molecule has 12 rings (SSSR count). The van der Waals surface area contributed by atoms with Crippen LogP contribution < -0.4 is 4.90 Å². The third-order valence-electron chi connectivity index (χ3n) is 12.4. The van der Waals surface area contributed by atoms with Crippen molar-refractivity contribution in [2.45, 2.75) is 0 Å². The maximum absolute atomic E-state index is 2.47. The highest BCUT2D eigenvalue weighted by Crippen LogP contribution is 2.46. The maximum Gasteiger partial charge on any atom is 0.0554 e. The van der Waals surface area contributed by atoms with Gasteiger partial charge in [-0.15, -0.1) is 11.3 Å². The predicted octanol–water partition coefficient (Wildman–Crippen LogP) is 17.3. The minimum Gasteiger partial charge on any atom is -0.310 e. The van der Waals surface area contributed by atoms with Crippen molar-refractivity contribution in [3.8, 4) is 50.2 Å². The zero-order valence-electron chi connectivity index (χ0n) is 34.4. The smallest absolute Gasteiger partial charge is 0.0554 e. The summed E-state index contributed by atoms with van der Waals surface area (Å²) in [5.41, 5.74) is 16.4. The molecule has 0 spiro atoms. The second kappa shape index (κ2) is 15.5. The quantitative estimate of drug-likeness (QED) is 0.148. The average Bonchev–Trinajstić information content (AvgIpc) is 3.91. The fourth-order valence-corrected chi connectivity index (χ4v) is 10.6. The first kappa shape index (κ1) is 36.8. The summed E-state index contributed by atoms with van der Waals surface area (Å²) in [6.45, 7) is 0. The molecular formula is C60H40N2S. The summed E-state index contributed by atoms with van der Waals surface area (Å²) >= 11 is 1.86. The number of hydrogen-bond acceptors (Lipinski definition) is 2. The zero-order valence-corrected chi connectivity index (χ0v) is 35.2. The number of para-hydroxylation sites is 1. The third kappa shape index (κ3) is 6.50. The molecule has 0 saturated heterocycles. The first-order valence-electron chi connectivity index (χ1n) is 21.5. The van der Waals surface area contributed by atoms with Crippen LogP contribution >= 0.6 is 11.3 Å². The van der Waals surface area contributed by atoms with E-state index < -0.39 is 0 Å². The zero-order chi connectivity index (χ0) is 41.7. The third-order valence-corrected chi connectivity index (χ3v) is 13.5. The highest BCUT2D eigenvalue weighted by molar-refractivity contribution is 7.26. The largest absolute Gasteiger partial charge is 0.310 e. The Morgan fingerprint density at radius 3 is 1.49 bits per heavy atom. The molecule has 2 heterocycles. The standard InChI is InChI=1S/C60H40N2S/c1-4-16-41(17-5-1)44-30-34-48(35-31-44)61(57-27-15-29-59-60(57)51-25-11-13-28-58(51)63-59)49-23-14-22-47(38-49)50-24-10-12-26-54(50)62-55-36-32-45(42-18-6-2-7-19-42)39-52(55)53-40-46(33-37-56(53)62)43-20-8-3-9-21-43/h1-40H. The number of fused-ring (bicyclic) bond motifs is 6. The van der Waals surface area contributed by atoms with Crippen molar-refractivity contribution in [2.75, 3.05) is 4.90 Å². The molecule has 10 aromatic carbocycles. The Morgan fingerprint density at radius 1 is 0.317 bits per heavy atom. The Hall–Kier alpha value is -7.98. The summed E-state index contributed by atoms with van der Waals surface area (Å²) in [6, 6.07) is 88.4. The summed E-state index contributed by atoms with van der Waals surface area (Å²) in [7, 11) is 0. The summed E-state index contributed by atoms with van der Waals surface area (Å²) in [6.07, 6.45) is 0. The number of aromatic nitrogens is 1. The summed E-state index contributed by atoms with van der Waals surface area (Å²) < 4.78 is 5.03. The van der Waals surface area contributed by atoms with Crippen LogP contribution in [0.2, 0.25) is 0 Å². The lowest BCUT2D eigenvalue weighted by Gasteiger charge is -2.27. The first-order valence-corrected chi connectivity index (χ1v) is 22.3. The maximum atomic E-state index is 2.47. The lowest BCUT2D eigenvalue weighted by molar-refractivity contribution is 1.18. The van der Waals surface area contributed by atoms with Crippen molar-refractivity contribution in [1.82, 2.24) is 4.57 Å². The van der Waals surface area contributed by atoms with Crippen LogP contribution in [0.25, 0.3) is 92.2 Å². The molecule has 0 N–H and O–H groups in total. The monoisotopic (exact) mass is 820 g/mol. The molecule has 2 aromatic heterocycles. The average molecular weight is 821 g/mol. The van der Waals surface area contributed by atoms with E-state index in [-0.39, 0.29) is 0 Å².